The predicted molar refractivity (Wildman–Crippen MR) is 49.4 cm³/mol. The smallest absolute Gasteiger partial charge is 0 e. The second-order valence-corrected chi connectivity index (χ2v) is 1.66. The van der Waals surface area contributed by atoms with Crippen molar-refractivity contribution in [2.45, 2.75) is 20.4 Å². The number of hydrogen-bond donors (Lipinski definition) is 0. The number of hydrogen-bond acceptors (Lipinski definition) is 0. The van der Waals surface area contributed by atoms with Crippen LogP contribution in [0.5, 0.6) is 0 Å². The van der Waals surface area contributed by atoms with Gasteiger partial charge in [0.15, 0.2) is 0 Å². The monoisotopic (exact) mass is 243 g/mol. The van der Waals surface area contributed by atoms with Gasteiger partial charge in [-0.3, -0.25) is 0 Å². The average Bonchev–Trinajstić information content (AvgIpc) is 2.10. The third kappa shape index (κ3) is 8.34. The molecule has 0 aliphatic rings. The minimum Gasteiger partial charge on any atom is -0.674 e. The van der Waals surface area contributed by atoms with Crippen molar-refractivity contribution < 1.29 is 38.2 Å². The van der Waals surface area contributed by atoms with E-state index in [0.717, 1.165) is 5.56 Å². The fourth-order valence-electron chi connectivity index (χ4n) is 0.596. The van der Waals surface area contributed by atoms with E-state index in [4.69, 9.17) is 5.73 Å². The van der Waals surface area contributed by atoms with Gasteiger partial charge < -0.3 is 11.2 Å². The van der Waals surface area contributed by atoms with Gasteiger partial charge in [-0.15, -0.1) is 6.54 Å². The summed E-state index contributed by atoms with van der Waals surface area (Å²) in [6.07, 6.45) is 0. The summed E-state index contributed by atoms with van der Waals surface area (Å²) >= 11 is 0. The molecule has 0 amide bonds. The molecule has 67 valence electrons. The predicted octanol–water partition coefficient (Wildman–Crippen LogP) is 2.44. The molecule has 3 heteroatoms. The third-order valence-corrected chi connectivity index (χ3v) is 1.05. The molecule has 1 aromatic carbocycles. The molecular weight excluding hydrogens is 227 g/mol. The van der Waals surface area contributed by atoms with Crippen molar-refractivity contribution in [3.63, 3.8) is 0 Å². The van der Waals surface area contributed by atoms with E-state index in [1.54, 1.807) is 0 Å². The fraction of sp³-hybridized carbons (Fsp3) is 0.333. The van der Waals surface area contributed by atoms with Crippen molar-refractivity contribution in [3.8, 4) is 0 Å². The molecule has 1 aromatic rings. The first-order chi connectivity index (χ1) is 4.93. The molecule has 1 rings (SSSR count). The van der Waals surface area contributed by atoms with Crippen LogP contribution in [0.1, 0.15) is 19.4 Å². The van der Waals surface area contributed by atoms with Crippen LogP contribution >= 0.6 is 0 Å². The SMILES string of the molecule is CC.O.[NH-]Cc1ccccc1.[Y]. The van der Waals surface area contributed by atoms with Crippen molar-refractivity contribution in [1.82, 2.24) is 0 Å². The summed E-state index contributed by atoms with van der Waals surface area (Å²) in [6, 6.07) is 9.76. The second kappa shape index (κ2) is 13.8. The minimum absolute atomic E-state index is 0. The second-order valence-electron chi connectivity index (χ2n) is 1.66. The van der Waals surface area contributed by atoms with E-state index >= 15 is 0 Å². The summed E-state index contributed by atoms with van der Waals surface area (Å²) in [5.74, 6) is 0. The van der Waals surface area contributed by atoms with Gasteiger partial charge in [-0.05, 0) is 0 Å². The molecule has 0 saturated carbocycles. The van der Waals surface area contributed by atoms with Crippen molar-refractivity contribution in [3.05, 3.63) is 41.6 Å². The van der Waals surface area contributed by atoms with Crippen molar-refractivity contribution >= 4 is 0 Å². The molecule has 1 radical (unpaired) electrons. The topological polar surface area (TPSA) is 55.3 Å². The molecule has 0 aliphatic heterocycles. The Bertz CT molecular complexity index is 156. The number of benzene rings is 1. The molecule has 0 aliphatic carbocycles. The van der Waals surface area contributed by atoms with Gasteiger partial charge in [0.25, 0.3) is 0 Å². The van der Waals surface area contributed by atoms with Crippen LogP contribution in [0.25, 0.3) is 5.73 Å². The van der Waals surface area contributed by atoms with E-state index in [9.17, 15) is 0 Å². The maximum absolute atomic E-state index is 6.94. The summed E-state index contributed by atoms with van der Waals surface area (Å²) < 4.78 is 0. The van der Waals surface area contributed by atoms with E-state index in [-0.39, 0.29) is 38.2 Å². The van der Waals surface area contributed by atoms with E-state index in [0.29, 0.717) is 6.54 Å². The Hall–Kier alpha value is 0.244. The Labute approximate surface area is 99.7 Å². The van der Waals surface area contributed by atoms with Crippen LogP contribution < -0.4 is 0 Å². The zero-order valence-electron chi connectivity index (χ0n) is 7.67. The Morgan fingerprint density at radius 1 is 1.08 bits per heavy atom. The largest absolute Gasteiger partial charge is 0.674 e. The molecule has 0 aromatic heterocycles. The quantitative estimate of drug-likeness (QED) is 0.727. The Kier molecular flexibility index (Phi) is 20.8. The van der Waals surface area contributed by atoms with Crippen LogP contribution in [-0.2, 0) is 39.3 Å². The molecule has 0 fully saturated rings. The molecule has 0 heterocycles. The third-order valence-electron chi connectivity index (χ3n) is 1.05. The Morgan fingerprint density at radius 3 is 1.75 bits per heavy atom. The summed E-state index contributed by atoms with van der Waals surface area (Å²) in [4.78, 5) is 0. The van der Waals surface area contributed by atoms with E-state index in [1.165, 1.54) is 0 Å². The average molecular weight is 243 g/mol. The number of nitrogens with one attached hydrogen (secondary N) is 1. The number of rotatable bonds is 1. The summed E-state index contributed by atoms with van der Waals surface area (Å²) in [5, 5.41) is 0. The zero-order chi connectivity index (χ0) is 7.82. The summed E-state index contributed by atoms with van der Waals surface area (Å²) in [7, 11) is 0. The molecule has 0 unspecified atom stereocenters. The van der Waals surface area contributed by atoms with Crippen LogP contribution in [0.15, 0.2) is 30.3 Å². The van der Waals surface area contributed by atoms with Gasteiger partial charge in [0.1, 0.15) is 0 Å². The van der Waals surface area contributed by atoms with Crippen LogP contribution in [0.3, 0.4) is 0 Å². The molecule has 3 N–H and O–H groups in total. The van der Waals surface area contributed by atoms with Gasteiger partial charge in [0.05, 0.1) is 0 Å². The maximum Gasteiger partial charge on any atom is 0 e. The molecule has 0 spiro atoms. The Morgan fingerprint density at radius 2 is 1.50 bits per heavy atom. The molecule has 12 heavy (non-hydrogen) atoms. The van der Waals surface area contributed by atoms with Gasteiger partial charge in [-0.25, -0.2) is 0 Å². The van der Waals surface area contributed by atoms with Crippen LogP contribution in [0.2, 0.25) is 0 Å². The first-order valence-corrected chi connectivity index (χ1v) is 3.62. The maximum atomic E-state index is 6.94. The minimum atomic E-state index is 0. The molecule has 0 saturated heterocycles. The first-order valence-electron chi connectivity index (χ1n) is 3.62. The van der Waals surface area contributed by atoms with Gasteiger partial charge >= 0.3 is 0 Å². The van der Waals surface area contributed by atoms with Gasteiger partial charge in [-0.2, -0.15) is 0 Å². The van der Waals surface area contributed by atoms with Crippen LogP contribution in [0.4, 0.5) is 0 Å². The normalized spacial score (nSPS) is 6.58. The van der Waals surface area contributed by atoms with Crippen LogP contribution in [0, 0.1) is 0 Å². The zero-order valence-corrected chi connectivity index (χ0v) is 10.5. The first kappa shape index (κ1) is 18.1. The van der Waals surface area contributed by atoms with E-state index in [2.05, 4.69) is 0 Å². The standard InChI is InChI=1S/C7H8N.C2H6.H2O.Y/c8-6-7-4-2-1-3-5-7;1-2;;/h1-5,8H,6H2;1-2H3;1H2;/q-1;;;. The van der Waals surface area contributed by atoms with Gasteiger partial charge in [-0.1, -0.05) is 49.7 Å². The fourth-order valence-corrected chi connectivity index (χ4v) is 0.596. The molecular formula is C9H16NOY-. The molecule has 2 nitrogen and oxygen atoms in total. The van der Waals surface area contributed by atoms with Crippen LogP contribution in [-0.4, -0.2) is 5.48 Å². The van der Waals surface area contributed by atoms with Gasteiger partial charge in [0.2, 0.25) is 0 Å². The van der Waals surface area contributed by atoms with E-state index < -0.39 is 0 Å². The van der Waals surface area contributed by atoms with Gasteiger partial charge in [0, 0.05) is 32.7 Å². The van der Waals surface area contributed by atoms with Crippen molar-refractivity contribution in [2.24, 2.45) is 0 Å². The van der Waals surface area contributed by atoms with Crippen molar-refractivity contribution in [2.75, 3.05) is 0 Å². The van der Waals surface area contributed by atoms with Crippen molar-refractivity contribution in [1.29, 1.82) is 0 Å². The van der Waals surface area contributed by atoms with E-state index in [1.807, 2.05) is 44.2 Å². The Balaban J connectivity index is -0.000000189. The molecule has 0 atom stereocenters. The summed E-state index contributed by atoms with van der Waals surface area (Å²) in [6.45, 7) is 4.39. The molecule has 0 bridgehead atoms. The summed E-state index contributed by atoms with van der Waals surface area (Å²) in [5.41, 5.74) is 8.02.